The number of hydrogen-bond donors (Lipinski definition) is 1. The minimum absolute atomic E-state index is 0.188. The van der Waals surface area contributed by atoms with Crippen molar-refractivity contribution in [2.45, 2.75) is 37.6 Å². The van der Waals surface area contributed by atoms with Crippen molar-refractivity contribution in [2.75, 3.05) is 0 Å². The van der Waals surface area contributed by atoms with E-state index in [2.05, 4.69) is 29.5 Å². The molecule has 2 aliphatic heterocycles. The number of hydrogen-bond acceptors (Lipinski definition) is 2. The molecular weight excluding hydrogens is 234 g/mol. The minimum Gasteiger partial charge on any atom is -0.254 e. The molecule has 2 unspecified atom stereocenters. The van der Waals surface area contributed by atoms with Gasteiger partial charge < -0.3 is 0 Å². The van der Waals surface area contributed by atoms with Crippen LogP contribution >= 0.6 is 0 Å². The number of rotatable bonds is 0. The standard InChI is InChI=1S/C16H15N3/c17-9-12-3-4-15-13(8-12)5-7-16(15)6-1-2-14-10-18-11-19(14)16/h3-4,8,10-11H,1-2,5-7H2/p+1. The lowest BCUT2D eigenvalue weighted by Gasteiger charge is -2.39. The van der Waals surface area contributed by atoms with Crippen LogP contribution in [0.4, 0.5) is 0 Å². The summed E-state index contributed by atoms with van der Waals surface area (Å²) in [5.41, 5.74) is 5.22. The van der Waals surface area contributed by atoms with Crippen molar-refractivity contribution < 1.29 is 4.90 Å². The molecule has 0 saturated carbocycles. The second-order valence-electron chi connectivity index (χ2n) is 5.77. The summed E-state index contributed by atoms with van der Waals surface area (Å²) in [5, 5.41) is 9.04. The lowest BCUT2D eigenvalue weighted by molar-refractivity contribution is -0.834. The Morgan fingerprint density at radius 1 is 1.26 bits per heavy atom. The maximum Gasteiger partial charge on any atom is 0.194 e. The highest BCUT2D eigenvalue weighted by Gasteiger charge is 2.51. The highest BCUT2D eigenvalue weighted by Crippen LogP contribution is 2.41. The van der Waals surface area contributed by atoms with Crippen LogP contribution in [0.2, 0.25) is 0 Å². The van der Waals surface area contributed by atoms with Crippen molar-refractivity contribution in [2.24, 2.45) is 4.99 Å². The molecule has 0 amide bonds. The molecule has 1 spiro atoms. The van der Waals surface area contributed by atoms with Crippen LogP contribution in [-0.4, -0.2) is 6.34 Å². The van der Waals surface area contributed by atoms with E-state index in [9.17, 15) is 0 Å². The van der Waals surface area contributed by atoms with E-state index in [0.29, 0.717) is 0 Å². The zero-order chi connectivity index (χ0) is 12.9. The van der Waals surface area contributed by atoms with Gasteiger partial charge in [-0.3, -0.25) is 4.90 Å². The molecule has 1 N–H and O–H groups in total. The number of benzene rings is 1. The summed E-state index contributed by atoms with van der Waals surface area (Å²) in [6, 6.07) is 8.48. The fourth-order valence-electron chi connectivity index (χ4n) is 4.06. The van der Waals surface area contributed by atoms with Gasteiger partial charge in [0.1, 0.15) is 11.2 Å². The molecule has 3 heteroatoms. The summed E-state index contributed by atoms with van der Waals surface area (Å²) in [7, 11) is 0. The molecule has 19 heavy (non-hydrogen) atoms. The molecule has 1 aromatic carbocycles. The number of quaternary nitrogens is 1. The van der Waals surface area contributed by atoms with E-state index in [0.717, 1.165) is 12.0 Å². The van der Waals surface area contributed by atoms with E-state index in [4.69, 9.17) is 5.26 Å². The van der Waals surface area contributed by atoms with Gasteiger partial charge >= 0.3 is 0 Å². The predicted molar refractivity (Wildman–Crippen MR) is 72.5 cm³/mol. The van der Waals surface area contributed by atoms with Crippen LogP contribution < -0.4 is 4.90 Å². The van der Waals surface area contributed by atoms with Crippen molar-refractivity contribution in [1.82, 2.24) is 0 Å². The molecular formula is C16H16N3+. The topological polar surface area (TPSA) is 40.6 Å². The molecule has 3 nitrogen and oxygen atoms in total. The third-order valence-corrected chi connectivity index (χ3v) is 4.92. The Labute approximate surface area is 112 Å². The Kier molecular flexibility index (Phi) is 2.18. The number of allylic oxidation sites excluding steroid dienone is 1. The molecule has 0 aromatic heterocycles. The minimum atomic E-state index is 0.188. The lowest BCUT2D eigenvalue weighted by Crippen LogP contribution is -3.16. The Bertz CT molecular complexity index is 650. The summed E-state index contributed by atoms with van der Waals surface area (Å²) < 4.78 is 0. The Morgan fingerprint density at radius 2 is 2.21 bits per heavy atom. The van der Waals surface area contributed by atoms with Crippen molar-refractivity contribution in [3.63, 3.8) is 0 Å². The average molecular weight is 250 g/mol. The number of nitrogens with zero attached hydrogens (tertiary/aromatic N) is 2. The molecule has 1 fully saturated rings. The molecule has 0 bridgehead atoms. The van der Waals surface area contributed by atoms with E-state index in [1.807, 2.05) is 12.3 Å². The van der Waals surface area contributed by atoms with E-state index in [-0.39, 0.29) is 5.54 Å². The molecule has 3 aliphatic rings. The molecule has 1 aromatic rings. The van der Waals surface area contributed by atoms with Gasteiger partial charge in [0, 0.05) is 24.8 Å². The number of piperidine rings is 1. The fourth-order valence-corrected chi connectivity index (χ4v) is 4.06. The molecule has 94 valence electrons. The zero-order valence-corrected chi connectivity index (χ0v) is 10.8. The smallest absolute Gasteiger partial charge is 0.194 e. The molecule has 2 atom stereocenters. The first-order valence-corrected chi connectivity index (χ1v) is 6.97. The highest BCUT2D eigenvalue weighted by molar-refractivity contribution is 5.53. The van der Waals surface area contributed by atoms with Crippen molar-refractivity contribution in [3.05, 3.63) is 46.8 Å². The van der Waals surface area contributed by atoms with Gasteiger partial charge in [-0.2, -0.15) is 5.26 Å². The van der Waals surface area contributed by atoms with Crippen LogP contribution in [0.5, 0.6) is 0 Å². The van der Waals surface area contributed by atoms with Crippen LogP contribution in [0.15, 0.2) is 35.1 Å². The number of aliphatic imine (C=N–C) groups is 1. The Morgan fingerprint density at radius 3 is 3.11 bits per heavy atom. The van der Waals surface area contributed by atoms with E-state index in [1.54, 1.807) is 0 Å². The summed E-state index contributed by atoms with van der Waals surface area (Å²) >= 11 is 0. The number of fused-ring (bicyclic) bond motifs is 4. The maximum atomic E-state index is 9.04. The average Bonchev–Trinajstić information content (AvgIpc) is 3.05. The molecule has 0 radical (unpaired) electrons. The quantitative estimate of drug-likeness (QED) is 0.747. The van der Waals surface area contributed by atoms with Crippen LogP contribution in [-0.2, 0) is 12.0 Å². The molecule has 1 aliphatic carbocycles. The van der Waals surface area contributed by atoms with Crippen molar-refractivity contribution in [1.29, 1.82) is 5.26 Å². The molecule has 1 saturated heterocycles. The summed E-state index contributed by atoms with van der Waals surface area (Å²) in [6.07, 6.45) is 10.0. The van der Waals surface area contributed by atoms with Gasteiger partial charge in [-0.1, -0.05) is 6.07 Å². The summed E-state index contributed by atoms with van der Waals surface area (Å²) in [6.45, 7) is 0. The number of nitrogens with one attached hydrogen (secondary N) is 1. The largest absolute Gasteiger partial charge is 0.254 e. The third kappa shape index (κ3) is 1.38. The summed E-state index contributed by atoms with van der Waals surface area (Å²) in [4.78, 5) is 5.82. The number of nitriles is 1. The summed E-state index contributed by atoms with van der Waals surface area (Å²) in [5.74, 6) is 0. The van der Waals surface area contributed by atoms with Gasteiger partial charge in [0.25, 0.3) is 0 Å². The van der Waals surface area contributed by atoms with Gasteiger partial charge in [-0.25, -0.2) is 4.99 Å². The first-order valence-electron chi connectivity index (χ1n) is 6.97. The SMILES string of the molecule is N#Cc1ccc2c(c1)CCC21CCCC2=CN=C[NH+]21. The van der Waals surface area contributed by atoms with E-state index < -0.39 is 0 Å². The zero-order valence-electron chi connectivity index (χ0n) is 10.8. The van der Waals surface area contributed by atoms with Gasteiger partial charge in [-0.15, -0.1) is 0 Å². The van der Waals surface area contributed by atoms with Crippen LogP contribution in [0.25, 0.3) is 0 Å². The van der Waals surface area contributed by atoms with Crippen LogP contribution in [0, 0.1) is 11.3 Å². The second-order valence-corrected chi connectivity index (χ2v) is 5.77. The van der Waals surface area contributed by atoms with Gasteiger partial charge in [0.15, 0.2) is 6.34 Å². The highest BCUT2D eigenvalue weighted by atomic mass is 15.3. The Balaban J connectivity index is 1.85. The normalized spacial score (nSPS) is 30.9. The van der Waals surface area contributed by atoms with Crippen LogP contribution in [0.3, 0.4) is 0 Å². The third-order valence-electron chi connectivity index (χ3n) is 4.92. The monoisotopic (exact) mass is 250 g/mol. The first-order chi connectivity index (χ1) is 9.33. The fraction of sp³-hybridized carbons (Fsp3) is 0.375. The van der Waals surface area contributed by atoms with Gasteiger partial charge in [0.2, 0.25) is 0 Å². The van der Waals surface area contributed by atoms with E-state index >= 15 is 0 Å². The van der Waals surface area contributed by atoms with Gasteiger partial charge in [0.05, 0.1) is 17.8 Å². The first kappa shape index (κ1) is 11.0. The predicted octanol–water partition coefficient (Wildman–Crippen LogP) is 1.65. The molecule has 2 heterocycles. The van der Waals surface area contributed by atoms with Crippen molar-refractivity contribution >= 4 is 6.34 Å². The van der Waals surface area contributed by atoms with Crippen LogP contribution in [0.1, 0.15) is 42.4 Å². The Hall–Kier alpha value is -1.92. The van der Waals surface area contributed by atoms with Crippen molar-refractivity contribution in [3.8, 4) is 6.07 Å². The molecule has 4 rings (SSSR count). The second kappa shape index (κ2) is 3.79. The lowest BCUT2D eigenvalue weighted by atomic mass is 9.81. The maximum absolute atomic E-state index is 9.04. The van der Waals surface area contributed by atoms with Gasteiger partial charge in [-0.05, 0) is 30.5 Å². The van der Waals surface area contributed by atoms with E-state index in [1.165, 1.54) is 47.4 Å². The number of aryl methyl sites for hydroxylation is 1.